The highest BCUT2D eigenvalue weighted by molar-refractivity contribution is 5.87. The van der Waals surface area contributed by atoms with Crippen molar-refractivity contribution in [1.29, 1.82) is 0 Å². The van der Waals surface area contributed by atoms with E-state index in [0.717, 1.165) is 0 Å². The second-order valence-corrected chi connectivity index (χ2v) is 9.18. The molecule has 0 amide bonds. The molecule has 0 spiro atoms. The zero-order chi connectivity index (χ0) is 28.8. The Morgan fingerprint density at radius 1 is 0.632 bits per heavy atom. The Bertz CT molecular complexity index is 1470. The van der Waals surface area contributed by atoms with Crippen LogP contribution in [0.2, 0.25) is 0 Å². The van der Waals surface area contributed by atoms with Crippen molar-refractivity contribution in [3.05, 3.63) is 81.7 Å². The van der Waals surface area contributed by atoms with Crippen LogP contribution in [0.5, 0.6) is 0 Å². The summed E-state index contributed by atoms with van der Waals surface area (Å²) in [5.41, 5.74) is -3.54. The van der Waals surface area contributed by atoms with Crippen molar-refractivity contribution in [3.63, 3.8) is 0 Å². The summed E-state index contributed by atoms with van der Waals surface area (Å²) in [6.45, 7) is 18.7. The SMILES string of the molecule is [C-]#[N+]c1cc2cc(C(C)(O)C(F)(F)F)[nH]c2cc1C.[C-]#[N+]c1cc2cc(C(C)(O)C(F)(F)F)[nH]c2cc1C. The second kappa shape index (κ2) is 9.39. The third-order valence-electron chi connectivity index (χ3n) is 6.27. The van der Waals surface area contributed by atoms with Gasteiger partial charge in [-0.15, -0.1) is 0 Å². The predicted molar refractivity (Wildman–Crippen MR) is 130 cm³/mol. The van der Waals surface area contributed by atoms with Crippen molar-refractivity contribution in [2.24, 2.45) is 0 Å². The Balaban J connectivity index is 0.000000211. The maximum absolute atomic E-state index is 12.8. The number of rotatable bonds is 2. The molecule has 2 heterocycles. The van der Waals surface area contributed by atoms with Gasteiger partial charge in [0, 0.05) is 11.0 Å². The molecule has 0 bridgehead atoms. The Labute approximate surface area is 213 Å². The first-order chi connectivity index (χ1) is 17.3. The third kappa shape index (κ3) is 5.05. The van der Waals surface area contributed by atoms with Crippen LogP contribution in [0.1, 0.15) is 36.4 Å². The standard InChI is InChI=1S/2C13H11F3N2O/c2*1-7-4-10-8(5-9(7)17-3)6-11(18-10)12(2,19)13(14,15)16/h2*4-6,18-19H,1-2H3. The normalized spacial score (nSPS) is 15.2. The largest absolute Gasteiger partial charge is 0.422 e. The Morgan fingerprint density at radius 2 is 0.947 bits per heavy atom. The number of aryl methyl sites for hydroxylation is 2. The highest BCUT2D eigenvalue weighted by atomic mass is 19.4. The Hall–Kier alpha value is -4.00. The highest BCUT2D eigenvalue weighted by Gasteiger charge is 2.53. The minimum atomic E-state index is -4.77. The average molecular weight is 536 g/mol. The van der Waals surface area contributed by atoms with E-state index in [1.165, 1.54) is 24.3 Å². The van der Waals surface area contributed by atoms with E-state index in [-0.39, 0.29) is 11.4 Å². The summed E-state index contributed by atoms with van der Waals surface area (Å²) in [7, 11) is 0. The number of aromatic nitrogens is 2. The number of nitrogens with one attached hydrogen (secondary N) is 2. The maximum Gasteiger partial charge on any atom is 0.422 e. The molecule has 0 radical (unpaired) electrons. The highest BCUT2D eigenvalue weighted by Crippen LogP contribution is 2.41. The van der Waals surface area contributed by atoms with E-state index in [1.807, 2.05) is 0 Å². The topological polar surface area (TPSA) is 80.8 Å². The number of hydrogen-bond donors (Lipinski definition) is 4. The van der Waals surface area contributed by atoms with Crippen LogP contribution >= 0.6 is 0 Å². The molecule has 0 saturated carbocycles. The monoisotopic (exact) mass is 536 g/mol. The zero-order valence-electron chi connectivity index (χ0n) is 20.5. The summed E-state index contributed by atoms with van der Waals surface area (Å²) >= 11 is 0. The van der Waals surface area contributed by atoms with E-state index >= 15 is 0 Å². The van der Waals surface area contributed by atoms with Crippen LogP contribution in [0.4, 0.5) is 37.7 Å². The quantitative estimate of drug-likeness (QED) is 0.157. The molecule has 12 heteroatoms. The fourth-order valence-corrected chi connectivity index (χ4v) is 3.62. The number of alkyl halides is 6. The zero-order valence-corrected chi connectivity index (χ0v) is 20.5. The number of halogens is 6. The number of aromatic amines is 2. The van der Waals surface area contributed by atoms with E-state index in [2.05, 4.69) is 19.7 Å². The van der Waals surface area contributed by atoms with Crippen molar-refractivity contribution < 1.29 is 36.6 Å². The van der Waals surface area contributed by atoms with Crippen molar-refractivity contribution in [3.8, 4) is 0 Å². The van der Waals surface area contributed by atoms with Gasteiger partial charge in [0.15, 0.2) is 22.6 Å². The molecule has 200 valence electrons. The van der Waals surface area contributed by atoms with E-state index in [1.54, 1.807) is 26.0 Å². The summed E-state index contributed by atoms with van der Waals surface area (Å²) in [5, 5.41) is 20.1. The van der Waals surface area contributed by atoms with Gasteiger partial charge in [-0.3, -0.25) is 0 Å². The smallest absolute Gasteiger partial charge is 0.375 e. The third-order valence-corrected chi connectivity index (χ3v) is 6.27. The van der Waals surface area contributed by atoms with Gasteiger partial charge in [-0.2, -0.15) is 26.3 Å². The van der Waals surface area contributed by atoms with E-state index in [9.17, 15) is 36.6 Å². The molecule has 6 nitrogen and oxygen atoms in total. The predicted octanol–water partition coefficient (Wildman–Crippen LogP) is 7.59. The molecule has 0 saturated heterocycles. The van der Waals surface area contributed by atoms with Gasteiger partial charge in [0.1, 0.15) is 0 Å². The molecule has 0 aliphatic carbocycles. The molecule has 2 aromatic heterocycles. The number of benzene rings is 2. The van der Waals surface area contributed by atoms with E-state index in [4.69, 9.17) is 13.1 Å². The lowest BCUT2D eigenvalue weighted by Crippen LogP contribution is -2.39. The van der Waals surface area contributed by atoms with E-state index in [0.29, 0.717) is 58.2 Å². The molecule has 2 aromatic carbocycles. The molecule has 0 aliphatic heterocycles. The molecular formula is C26H22F6N4O2. The fraction of sp³-hybridized carbons (Fsp3) is 0.308. The minimum absolute atomic E-state index is 0.337. The lowest BCUT2D eigenvalue weighted by molar-refractivity contribution is -0.260. The molecule has 4 N–H and O–H groups in total. The Kier molecular flexibility index (Phi) is 7.06. The van der Waals surface area contributed by atoms with Gasteiger partial charge in [-0.05, 0) is 86.0 Å². The summed E-state index contributed by atoms with van der Waals surface area (Å²) < 4.78 is 76.5. The van der Waals surface area contributed by atoms with Gasteiger partial charge >= 0.3 is 12.4 Å². The molecule has 2 atom stereocenters. The molecule has 38 heavy (non-hydrogen) atoms. The van der Waals surface area contributed by atoms with Crippen molar-refractivity contribution in [1.82, 2.24) is 9.97 Å². The molecule has 0 fully saturated rings. The number of aliphatic hydroxyl groups is 2. The van der Waals surface area contributed by atoms with Crippen molar-refractivity contribution in [2.45, 2.75) is 51.2 Å². The first kappa shape index (κ1) is 28.6. The van der Waals surface area contributed by atoms with Gasteiger partial charge in [-0.1, -0.05) is 0 Å². The van der Waals surface area contributed by atoms with Crippen LogP contribution in [0, 0.1) is 27.0 Å². The summed E-state index contributed by atoms with van der Waals surface area (Å²) in [5.74, 6) is 0. The molecule has 0 aliphatic rings. The lowest BCUT2D eigenvalue weighted by Gasteiger charge is -2.24. The van der Waals surface area contributed by atoms with Gasteiger partial charge in [-0.25, -0.2) is 9.69 Å². The van der Waals surface area contributed by atoms with Gasteiger partial charge in [0.2, 0.25) is 0 Å². The molecule has 4 aromatic rings. The van der Waals surface area contributed by atoms with Crippen LogP contribution in [0.15, 0.2) is 36.4 Å². The van der Waals surface area contributed by atoms with Gasteiger partial charge < -0.3 is 20.2 Å². The number of H-pyrrole nitrogens is 2. The maximum atomic E-state index is 12.8. The van der Waals surface area contributed by atoms with Crippen LogP contribution in [0.25, 0.3) is 31.5 Å². The van der Waals surface area contributed by atoms with E-state index < -0.39 is 23.6 Å². The number of fused-ring (bicyclic) bond motifs is 2. The van der Waals surface area contributed by atoms with Crippen molar-refractivity contribution in [2.75, 3.05) is 0 Å². The minimum Gasteiger partial charge on any atom is -0.375 e. The van der Waals surface area contributed by atoms with Crippen LogP contribution in [-0.4, -0.2) is 32.5 Å². The molecule has 4 rings (SSSR count). The molecule has 2 unspecified atom stereocenters. The number of nitrogens with zero attached hydrogens (tertiary/aromatic N) is 2. The van der Waals surface area contributed by atoms with Crippen LogP contribution in [0.3, 0.4) is 0 Å². The molecular weight excluding hydrogens is 514 g/mol. The second-order valence-electron chi connectivity index (χ2n) is 9.18. The van der Waals surface area contributed by atoms with Crippen LogP contribution < -0.4 is 0 Å². The van der Waals surface area contributed by atoms with Crippen molar-refractivity contribution >= 4 is 33.2 Å². The summed E-state index contributed by atoms with van der Waals surface area (Å²) in [6.07, 6.45) is -9.54. The van der Waals surface area contributed by atoms with Crippen LogP contribution in [-0.2, 0) is 11.2 Å². The Morgan fingerprint density at radius 3 is 1.21 bits per heavy atom. The fourth-order valence-electron chi connectivity index (χ4n) is 3.62. The van der Waals surface area contributed by atoms with Gasteiger partial charge in [0.05, 0.1) is 24.5 Å². The first-order valence-electron chi connectivity index (χ1n) is 10.9. The average Bonchev–Trinajstić information content (AvgIpc) is 3.40. The summed E-state index contributed by atoms with van der Waals surface area (Å²) in [6, 6.07) is 8.64. The van der Waals surface area contributed by atoms with Gasteiger partial charge in [0.25, 0.3) is 0 Å². The first-order valence-corrected chi connectivity index (χ1v) is 10.9. The number of hydrogen-bond acceptors (Lipinski definition) is 2. The lowest BCUT2D eigenvalue weighted by atomic mass is 10.0. The summed E-state index contributed by atoms with van der Waals surface area (Å²) in [4.78, 5) is 11.7.